The monoisotopic (exact) mass is 276 g/mol. The molecular formula is C15H24N4O. The lowest BCUT2D eigenvalue weighted by molar-refractivity contribution is -0.130. The number of carbonyl (C=O) groups is 1. The molecule has 2 aliphatic rings. The van der Waals surface area contributed by atoms with Crippen LogP contribution in [0.3, 0.4) is 0 Å². The van der Waals surface area contributed by atoms with Crippen LogP contribution in [0, 0.1) is 0 Å². The molecule has 5 heteroatoms. The molecule has 5 nitrogen and oxygen atoms in total. The summed E-state index contributed by atoms with van der Waals surface area (Å²) in [6.07, 6.45) is 8.40. The highest BCUT2D eigenvalue weighted by Crippen LogP contribution is 2.28. The third kappa shape index (κ3) is 2.73. The first-order valence-electron chi connectivity index (χ1n) is 7.77. The van der Waals surface area contributed by atoms with Crippen molar-refractivity contribution in [2.45, 2.75) is 44.6 Å². The summed E-state index contributed by atoms with van der Waals surface area (Å²) in [5.74, 6) is 0.303. The molecule has 0 aromatic carbocycles. The summed E-state index contributed by atoms with van der Waals surface area (Å²) in [6.45, 7) is 2.68. The highest BCUT2D eigenvalue weighted by atomic mass is 16.2. The lowest BCUT2D eigenvalue weighted by Gasteiger charge is -2.24. The van der Waals surface area contributed by atoms with Gasteiger partial charge in [-0.15, -0.1) is 0 Å². The van der Waals surface area contributed by atoms with Gasteiger partial charge in [0.25, 0.3) is 0 Å². The van der Waals surface area contributed by atoms with Gasteiger partial charge >= 0.3 is 0 Å². The number of nitrogens with zero attached hydrogens (tertiary/aromatic N) is 3. The molecule has 1 aromatic rings. The van der Waals surface area contributed by atoms with Crippen molar-refractivity contribution in [1.82, 2.24) is 20.0 Å². The molecule has 110 valence electrons. The SMILES string of the molecule is Cn1ncc2c1CCCC2NCCC(=O)N1CCCC1. The van der Waals surface area contributed by atoms with Crippen LogP contribution in [0.5, 0.6) is 0 Å². The largest absolute Gasteiger partial charge is 0.343 e. The first kappa shape index (κ1) is 13.6. The number of aromatic nitrogens is 2. The Morgan fingerprint density at radius 1 is 1.40 bits per heavy atom. The van der Waals surface area contributed by atoms with Gasteiger partial charge < -0.3 is 10.2 Å². The maximum atomic E-state index is 12.0. The third-order valence-corrected chi connectivity index (χ3v) is 4.56. The lowest BCUT2D eigenvalue weighted by atomic mass is 9.93. The number of nitrogens with one attached hydrogen (secondary N) is 1. The first-order chi connectivity index (χ1) is 9.75. The molecule has 1 amide bonds. The van der Waals surface area contributed by atoms with Gasteiger partial charge in [0.2, 0.25) is 5.91 Å². The van der Waals surface area contributed by atoms with E-state index in [4.69, 9.17) is 0 Å². The third-order valence-electron chi connectivity index (χ3n) is 4.56. The molecule has 1 fully saturated rings. The zero-order valence-electron chi connectivity index (χ0n) is 12.3. The predicted octanol–water partition coefficient (Wildman–Crippen LogP) is 1.40. The van der Waals surface area contributed by atoms with Crippen LogP contribution < -0.4 is 5.32 Å². The van der Waals surface area contributed by atoms with E-state index < -0.39 is 0 Å². The van der Waals surface area contributed by atoms with Gasteiger partial charge in [-0.1, -0.05) is 0 Å². The van der Waals surface area contributed by atoms with Gasteiger partial charge in [0, 0.05) is 50.4 Å². The van der Waals surface area contributed by atoms with E-state index in [2.05, 4.69) is 10.4 Å². The summed E-state index contributed by atoms with van der Waals surface area (Å²) in [4.78, 5) is 14.0. The minimum Gasteiger partial charge on any atom is -0.343 e. The van der Waals surface area contributed by atoms with Crippen LogP contribution in [-0.4, -0.2) is 40.2 Å². The number of amides is 1. The van der Waals surface area contributed by atoms with E-state index in [9.17, 15) is 4.79 Å². The Kier molecular flexibility index (Phi) is 4.05. The summed E-state index contributed by atoms with van der Waals surface area (Å²) >= 11 is 0. The number of carbonyl (C=O) groups excluding carboxylic acids is 1. The fraction of sp³-hybridized carbons (Fsp3) is 0.733. The predicted molar refractivity (Wildman–Crippen MR) is 77.3 cm³/mol. The van der Waals surface area contributed by atoms with Crippen molar-refractivity contribution in [1.29, 1.82) is 0 Å². The van der Waals surface area contributed by atoms with E-state index in [1.165, 1.54) is 30.5 Å². The van der Waals surface area contributed by atoms with Crippen LogP contribution in [0.1, 0.15) is 49.4 Å². The van der Waals surface area contributed by atoms with Gasteiger partial charge in [0.15, 0.2) is 0 Å². The highest BCUT2D eigenvalue weighted by molar-refractivity contribution is 5.76. The molecule has 0 saturated carbocycles. The van der Waals surface area contributed by atoms with E-state index in [0.717, 1.165) is 32.5 Å². The Morgan fingerprint density at radius 3 is 3.00 bits per heavy atom. The Hall–Kier alpha value is -1.36. The zero-order valence-corrected chi connectivity index (χ0v) is 12.3. The Labute approximate surface area is 120 Å². The van der Waals surface area contributed by atoms with Crippen LogP contribution in [0.15, 0.2) is 6.20 Å². The maximum absolute atomic E-state index is 12.0. The molecule has 3 rings (SSSR count). The standard InChI is InChI=1S/C15H24N4O/c1-18-14-6-4-5-13(12(14)11-17-18)16-8-7-15(20)19-9-2-3-10-19/h11,13,16H,2-10H2,1H3. The topological polar surface area (TPSA) is 50.2 Å². The molecule has 1 aliphatic heterocycles. The molecule has 20 heavy (non-hydrogen) atoms. The van der Waals surface area contributed by atoms with Gasteiger partial charge in [0.05, 0.1) is 6.20 Å². The molecule has 1 aromatic heterocycles. The van der Waals surface area contributed by atoms with E-state index in [1.807, 2.05) is 22.8 Å². The second kappa shape index (κ2) is 5.95. The second-order valence-electron chi connectivity index (χ2n) is 5.91. The average molecular weight is 276 g/mol. The summed E-state index contributed by atoms with van der Waals surface area (Å²) in [5, 5.41) is 7.90. The molecule has 2 heterocycles. The fourth-order valence-corrected chi connectivity index (χ4v) is 3.40. The van der Waals surface area contributed by atoms with Crippen LogP contribution in [-0.2, 0) is 18.3 Å². The molecule has 1 unspecified atom stereocenters. The minimum absolute atomic E-state index is 0.303. The van der Waals surface area contributed by atoms with Crippen molar-refractivity contribution in [2.75, 3.05) is 19.6 Å². The molecule has 1 aliphatic carbocycles. The second-order valence-corrected chi connectivity index (χ2v) is 5.91. The zero-order chi connectivity index (χ0) is 13.9. The van der Waals surface area contributed by atoms with Crippen LogP contribution >= 0.6 is 0 Å². The number of fused-ring (bicyclic) bond motifs is 1. The smallest absolute Gasteiger partial charge is 0.223 e. The van der Waals surface area contributed by atoms with Crippen molar-refractivity contribution in [3.63, 3.8) is 0 Å². The molecular weight excluding hydrogens is 252 g/mol. The number of rotatable bonds is 4. The summed E-state index contributed by atoms with van der Waals surface area (Å²) in [5.41, 5.74) is 2.67. The summed E-state index contributed by atoms with van der Waals surface area (Å²) in [7, 11) is 2.01. The Bertz CT molecular complexity index is 476. The van der Waals surface area contributed by atoms with Crippen LogP contribution in [0.25, 0.3) is 0 Å². The first-order valence-corrected chi connectivity index (χ1v) is 7.77. The lowest BCUT2D eigenvalue weighted by Crippen LogP contribution is -2.32. The maximum Gasteiger partial charge on any atom is 0.223 e. The van der Waals surface area contributed by atoms with E-state index in [0.29, 0.717) is 18.4 Å². The number of aryl methyl sites for hydroxylation is 1. The van der Waals surface area contributed by atoms with Gasteiger partial charge in [-0.2, -0.15) is 5.10 Å². The fourth-order valence-electron chi connectivity index (χ4n) is 3.40. The van der Waals surface area contributed by atoms with Gasteiger partial charge in [-0.25, -0.2) is 0 Å². The number of hydrogen-bond acceptors (Lipinski definition) is 3. The van der Waals surface area contributed by atoms with E-state index in [1.54, 1.807) is 0 Å². The van der Waals surface area contributed by atoms with Crippen molar-refractivity contribution in [2.24, 2.45) is 7.05 Å². The van der Waals surface area contributed by atoms with E-state index in [-0.39, 0.29) is 0 Å². The van der Waals surface area contributed by atoms with Crippen molar-refractivity contribution in [3.8, 4) is 0 Å². The summed E-state index contributed by atoms with van der Waals surface area (Å²) in [6, 6.07) is 0.374. The van der Waals surface area contributed by atoms with Crippen LogP contribution in [0.4, 0.5) is 0 Å². The molecule has 1 atom stereocenters. The summed E-state index contributed by atoms with van der Waals surface area (Å²) < 4.78 is 1.98. The van der Waals surface area contributed by atoms with Crippen molar-refractivity contribution in [3.05, 3.63) is 17.5 Å². The minimum atomic E-state index is 0.303. The Morgan fingerprint density at radius 2 is 2.20 bits per heavy atom. The van der Waals surface area contributed by atoms with Crippen molar-refractivity contribution < 1.29 is 4.79 Å². The number of hydrogen-bond donors (Lipinski definition) is 1. The van der Waals surface area contributed by atoms with Crippen molar-refractivity contribution >= 4 is 5.91 Å². The van der Waals surface area contributed by atoms with Gasteiger partial charge in [-0.3, -0.25) is 9.48 Å². The van der Waals surface area contributed by atoms with E-state index >= 15 is 0 Å². The normalized spacial score (nSPS) is 22.1. The quantitative estimate of drug-likeness (QED) is 0.904. The molecule has 0 radical (unpaired) electrons. The highest BCUT2D eigenvalue weighted by Gasteiger charge is 2.23. The molecule has 0 bridgehead atoms. The molecule has 0 spiro atoms. The number of likely N-dealkylation sites (tertiary alicyclic amines) is 1. The Balaban J connectivity index is 1.50. The van der Waals surface area contributed by atoms with Crippen LogP contribution in [0.2, 0.25) is 0 Å². The molecule has 1 N–H and O–H groups in total. The van der Waals surface area contributed by atoms with Gasteiger partial charge in [0.1, 0.15) is 0 Å². The average Bonchev–Trinajstić information content (AvgIpc) is 3.10. The van der Waals surface area contributed by atoms with Gasteiger partial charge in [-0.05, 0) is 32.1 Å². The molecule has 1 saturated heterocycles.